The Morgan fingerprint density at radius 1 is 1.29 bits per heavy atom. The Balaban J connectivity index is 1.99. The number of carbonyl (C=O) groups is 2. The lowest BCUT2D eigenvalue weighted by Gasteiger charge is -2.10. The number of aryl methyl sites for hydroxylation is 1. The van der Waals surface area contributed by atoms with E-state index in [1.165, 1.54) is 19.4 Å². The van der Waals surface area contributed by atoms with E-state index < -0.39 is 11.9 Å². The van der Waals surface area contributed by atoms with Gasteiger partial charge in [0.25, 0.3) is 5.91 Å². The van der Waals surface area contributed by atoms with Crippen LogP contribution in [0.4, 0.5) is 4.39 Å². The zero-order valence-electron chi connectivity index (χ0n) is 13.4. The number of carbonyl (C=O) groups excluding carboxylic acids is 2. The minimum Gasteiger partial charge on any atom is -0.465 e. The third-order valence-electron chi connectivity index (χ3n) is 3.97. The summed E-state index contributed by atoms with van der Waals surface area (Å²) in [7, 11) is 1.18. The summed E-state index contributed by atoms with van der Waals surface area (Å²) in [6.07, 6.45) is 3.36. The van der Waals surface area contributed by atoms with E-state index in [0.717, 1.165) is 24.0 Å². The average Bonchev–Trinajstić information content (AvgIpc) is 3.39. The molecule has 124 valence electrons. The summed E-state index contributed by atoms with van der Waals surface area (Å²) in [4.78, 5) is 27.5. The van der Waals surface area contributed by atoms with Crippen LogP contribution in [0, 0.1) is 12.9 Å². The van der Waals surface area contributed by atoms with Crippen molar-refractivity contribution >= 4 is 11.9 Å². The van der Waals surface area contributed by atoms with Gasteiger partial charge in [0.1, 0.15) is 5.56 Å². The maximum atomic E-state index is 13.7. The summed E-state index contributed by atoms with van der Waals surface area (Å²) in [5.41, 5.74) is 2.45. The third kappa shape index (κ3) is 3.27. The quantitative estimate of drug-likeness (QED) is 0.692. The van der Waals surface area contributed by atoms with Crippen molar-refractivity contribution in [3.63, 3.8) is 0 Å². The molecule has 3 rings (SSSR count). The van der Waals surface area contributed by atoms with E-state index in [0.29, 0.717) is 11.1 Å². The van der Waals surface area contributed by atoms with Gasteiger partial charge in [-0.25, -0.2) is 9.78 Å². The van der Waals surface area contributed by atoms with Crippen molar-refractivity contribution in [1.29, 1.82) is 0 Å². The van der Waals surface area contributed by atoms with Crippen LogP contribution < -0.4 is 5.32 Å². The average molecular weight is 328 g/mol. The summed E-state index contributed by atoms with van der Waals surface area (Å²) in [6.45, 7) is 1.87. The van der Waals surface area contributed by atoms with E-state index in [1.807, 2.05) is 13.0 Å². The first kappa shape index (κ1) is 16.1. The van der Waals surface area contributed by atoms with Crippen LogP contribution in [-0.4, -0.2) is 30.0 Å². The number of pyridine rings is 1. The summed E-state index contributed by atoms with van der Waals surface area (Å²) in [5.74, 6) is -1.81. The molecule has 1 aromatic carbocycles. The van der Waals surface area contributed by atoms with E-state index in [9.17, 15) is 14.0 Å². The van der Waals surface area contributed by atoms with Crippen LogP contribution in [0.5, 0.6) is 0 Å². The van der Waals surface area contributed by atoms with Gasteiger partial charge < -0.3 is 10.1 Å². The number of halogens is 1. The highest BCUT2D eigenvalue weighted by Crippen LogP contribution is 2.26. The van der Waals surface area contributed by atoms with Crippen molar-refractivity contribution in [1.82, 2.24) is 10.3 Å². The van der Waals surface area contributed by atoms with Crippen LogP contribution in [0.15, 0.2) is 30.5 Å². The minimum atomic E-state index is -0.883. The first-order valence-corrected chi connectivity index (χ1v) is 7.65. The van der Waals surface area contributed by atoms with Crippen LogP contribution in [0.25, 0.3) is 11.1 Å². The molecule has 6 heteroatoms. The molecule has 1 amide bonds. The Labute approximate surface area is 138 Å². The van der Waals surface area contributed by atoms with E-state index in [4.69, 9.17) is 0 Å². The molecule has 1 aliphatic carbocycles. The number of ether oxygens (including phenoxy) is 1. The molecule has 0 bridgehead atoms. The first-order valence-electron chi connectivity index (χ1n) is 7.65. The number of esters is 1. The van der Waals surface area contributed by atoms with Crippen LogP contribution >= 0.6 is 0 Å². The Bertz CT molecular complexity index is 816. The van der Waals surface area contributed by atoms with Crippen molar-refractivity contribution < 1.29 is 18.7 Å². The number of amides is 1. The molecule has 0 radical (unpaired) electrons. The van der Waals surface area contributed by atoms with E-state index in [1.54, 1.807) is 12.1 Å². The van der Waals surface area contributed by atoms with Gasteiger partial charge in [0.15, 0.2) is 0 Å². The fraction of sp³-hybridized carbons (Fsp3) is 0.278. The number of nitrogens with one attached hydrogen (secondary N) is 1. The molecule has 0 spiro atoms. The lowest BCUT2D eigenvalue weighted by atomic mass is 9.98. The van der Waals surface area contributed by atoms with Gasteiger partial charge in [-0.15, -0.1) is 0 Å². The third-order valence-corrected chi connectivity index (χ3v) is 3.97. The molecule has 0 saturated heterocycles. The smallest absolute Gasteiger partial charge is 0.342 e. The lowest BCUT2D eigenvalue weighted by molar-refractivity contribution is 0.0594. The van der Waals surface area contributed by atoms with Gasteiger partial charge in [0.05, 0.1) is 7.11 Å². The fourth-order valence-corrected chi connectivity index (χ4v) is 2.42. The van der Waals surface area contributed by atoms with Crippen molar-refractivity contribution in [3.8, 4) is 11.1 Å². The number of aromatic nitrogens is 1. The van der Waals surface area contributed by atoms with Gasteiger partial charge in [-0.3, -0.25) is 4.79 Å². The Morgan fingerprint density at radius 2 is 2.04 bits per heavy atom. The van der Waals surface area contributed by atoms with Gasteiger partial charge in [-0.05, 0) is 49.1 Å². The second-order valence-corrected chi connectivity index (χ2v) is 5.83. The number of methoxy groups -OCH3 is 1. The highest BCUT2D eigenvalue weighted by atomic mass is 19.1. The van der Waals surface area contributed by atoms with Gasteiger partial charge in [0.2, 0.25) is 5.95 Å². The highest BCUT2D eigenvalue weighted by Gasteiger charge is 2.24. The SMILES string of the molecule is COC(=O)c1cc(-c2cc(C(=O)NC3CC3)ccc2C)cnc1F. The molecule has 1 aromatic heterocycles. The van der Waals surface area contributed by atoms with Gasteiger partial charge >= 0.3 is 5.97 Å². The highest BCUT2D eigenvalue weighted by molar-refractivity contribution is 5.96. The molecule has 0 unspecified atom stereocenters. The van der Waals surface area contributed by atoms with Crippen LogP contribution in [-0.2, 0) is 4.74 Å². The Hall–Kier alpha value is -2.76. The lowest BCUT2D eigenvalue weighted by Crippen LogP contribution is -2.25. The van der Waals surface area contributed by atoms with E-state index in [2.05, 4.69) is 15.0 Å². The monoisotopic (exact) mass is 328 g/mol. The Kier molecular flexibility index (Phi) is 4.29. The summed E-state index contributed by atoms with van der Waals surface area (Å²) in [5, 5.41) is 2.93. The maximum absolute atomic E-state index is 13.7. The molecule has 5 nitrogen and oxygen atoms in total. The predicted molar refractivity (Wildman–Crippen MR) is 86.2 cm³/mol. The molecule has 0 aliphatic heterocycles. The van der Waals surface area contributed by atoms with Crippen molar-refractivity contribution in [3.05, 3.63) is 53.1 Å². The van der Waals surface area contributed by atoms with Gasteiger partial charge in [0, 0.05) is 23.4 Å². The molecule has 1 heterocycles. The molecule has 1 saturated carbocycles. The number of nitrogens with zero attached hydrogens (tertiary/aromatic N) is 1. The summed E-state index contributed by atoms with van der Waals surface area (Å²) in [6, 6.07) is 6.94. The summed E-state index contributed by atoms with van der Waals surface area (Å²) < 4.78 is 18.3. The largest absolute Gasteiger partial charge is 0.465 e. The topological polar surface area (TPSA) is 68.3 Å². The maximum Gasteiger partial charge on any atom is 0.342 e. The molecule has 24 heavy (non-hydrogen) atoms. The molecule has 1 N–H and O–H groups in total. The van der Waals surface area contributed by atoms with Crippen LogP contribution in [0.2, 0.25) is 0 Å². The number of hydrogen-bond donors (Lipinski definition) is 1. The zero-order valence-corrected chi connectivity index (χ0v) is 13.4. The molecule has 1 aliphatic rings. The predicted octanol–water partition coefficient (Wildman–Crippen LogP) is 2.87. The molecule has 1 fully saturated rings. The van der Waals surface area contributed by atoms with Gasteiger partial charge in [-0.2, -0.15) is 4.39 Å². The minimum absolute atomic E-state index is 0.137. The summed E-state index contributed by atoms with van der Waals surface area (Å²) >= 11 is 0. The van der Waals surface area contributed by atoms with Crippen molar-refractivity contribution in [2.75, 3.05) is 7.11 Å². The number of benzene rings is 1. The first-order chi connectivity index (χ1) is 11.5. The molecule has 0 atom stereocenters. The number of rotatable bonds is 4. The normalized spacial score (nSPS) is 13.5. The van der Waals surface area contributed by atoms with Crippen LogP contribution in [0.1, 0.15) is 39.1 Å². The number of hydrogen-bond acceptors (Lipinski definition) is 4. The zero-order chi connectivity index (χ0) is 17.3. The Morgan fingerprint density at radius 3 is 2.71 bits per heavy atom. The molecular weight excluding hydrogens is 311 g/mol. The van der Waals surface area contributed by atoms with Crippen molar-refractivity contribution in [2.45, 2.75) is 25.8 Å². The van der Waals surface area contributed by atoms with Gasteiger partial charge in [-0.1, -0.05) is 6.07 Å². The second kappa shape index (κ2) is 6.39. The second-order valence-electron chi connectivity index (χ2n) is 5.83. The fourth-order valence-electron chi connectivity index (χ4n) is 2.42. The van der Waals surface area contributed by atoms with E-state index in [-0.39, 0.29) is 17.5 Å². The standard InChI is InChI=1S/C18H17FN2O3/c1-10-3-4-11(17(22)21-13-5-6-13)7-14(10)12-8-15(18(23)24-2)16(19)20-9-12/h3-4,7-9,13H,5-6H2,1-2H3,(H,21,22). The van der Waals surface area contributed by atoms with Crippen molar-refractivity contribution in [2.24, 2.45) is 0 Å². The van der Waals surface area contributed by atoms with Crippen LogP contribution in [0.3, 0.4) is 0 Å². The molecular formula is C18H17FN2O3. The molecule has 2 aromatic rings. The van der Waals surface area contributed by atoms with E-state index >= 15 is 0 Å².